The summed E-state index contributed by atoms with van der Waals surface area (Å²) in [5.41, 5.74) is 7.60. The van der Waals surface area contributed by atoms with Crippen molar-refractivity contribution >= 4 is 22.6 Å². The number of pyridine rings is 1. The predicted octanol–water partition coefficient (Wildman–Crippen LogP) is 5.16. The first-order chi connectivity index (χ1) is 18.0. The Labute approximate surface area is 216 Å². The summed E-state index contributed by atoms with van der Waals surface area (Å²) in [7, 11) is 1.69. The van der Waals surface area contributed by atoms with Crippen LogP contribution in [0, 0.1) is 13.8 Å². The summed E-state index contributed by atoms with van der Waals surface area (Å²) >= 11 is 0. The van der Waals surface area contributed by atoms with E-state index in [-0.39, 0.29) is 5.91 Å². The largest absolute Gasteiger partial charge is 0.497 e. The molecule has 5 aromatic rings. The normalized spacial score (nSPS) is 13.1. The Morgan fingerprint density at radius 1 is 1.05 bits per heavy atom. The summed E-state index contributed by atoms with van der Waals surface area (Å²) in [6.07, 6.45) is 5.74. The number of fused-ring (bicyclic) bond motifs is 2. The van der Waals surface area contributed by atoms with Gasteiger partial charge in [-0.15, -0.1) is 0 Å². The molecule has 186 valence electrons. The molecule has 7 nitrogen and oxygen atoms in total. The number of hydrogen-bond donors (Lipinski definition) is 0. The molecule has 0 bridgehead atoms. The maximum atomic E-state index is 13.4. The summed E-state index contributed by atoms with van der Waals surface area (Å²) < 4.78 is 9.28. The average molecular weight is 492 g/mol. The number of anilines is 1. The highest BCUT2D eigenvalue weighted by Crippen LogP contribution is 2.35. The van der Waals surface area contributed by atoms with Crippen molar-refractivity contribution in [2.75, 3.05) is 18.6 Å². The SMILES string of the molecule is COc1cccc(Cn2c(C)c(C)c3cc(C(=O)n4ccnc4)nc(N4CCc5ccccc5C4)c32)c1. The molecular formula is C30H29N5O2. The van der Waals surface area contributed by atoms with Crippen LogP contribution in [0.5, 0.6) is 5.75 Å². The van der Waals surface area contributed by atoms with Gasteiger partial charge in [-0.25, -0.2) is 9.97 Å². The van der Waals surface area contributed by atoms with Gasteiger partial charge in [0.15, 0.2) is 5.82 Å². The molecule has 0 saturated heterocycles. The van der Waals surface area contributed by atoms with Gasteiger partial charge < -0.3 is 14.2 Å². The summed E-state index contributed by atoms with van der Waals surface area (Å²) in [6.45, 7) is 6.54. The number of carbonyl (C=O) groups excluding carboxylic acids is 1. The minimum absolute atomic E-state index is 0.185. The molecule has 0 saturated carbocycles. The van der Waals surface area contributed by atoms with E-state index >= 15 is 0 Å². The molecule has 37 heavy (non-hydrogen) atoms. The van der Waals surface area contributed by atoms with E-state index in [4.69, 9.17) is 9.72 Å². The monoisotopic (exact) mass is 491 g/mol. The number of methoxy groups -OCH3 is 1. The highest BCUT2D eigenvalue weighted by atomic mass is 16.5. The van der Waals surface area contributed by atoms with E-state index in [0.29, 0.717) is 12.2 Å². The van der Waals surface area contributed by atoms with Gasteiger partial charge in [-0.2, -0.15) is 0 Å². The van der Waals surface area contributed by atoms with Gasteiger partial charge in [-0.3, -0.25) is 9.36 Å². The molecule has 7 heteroatoms. The second kappa shape index (κ2) is 9.24. The average Bonchev–Trinajstić information content (AvgIpc) is 3.56. The Balaban J connectivity index is 1.54. The predicted molar refractivity (Wildman–Crippen MR) is 144 cm³/mol. The second-order valence-electron chi connectivity index (χ2n) is 9.59. The Bertz CT molecular complexity index is 1620. The zero-order valence-corrected chi connectivity index (χ0v) is 21.3. The summed E-state index contributed by atoms with van der Waals surface area (Å²) in [5, 5.41) is 1.05. The van der Waals surface area contributed by atoms with Crippen LogP contribution in [0.4, 0.5) is 5.82 Å². The molecule has 0 radical (unpaired) electrons. The topological polar surface area (TPSA) is 65.2 Å². The fourth-order valence-corrected chi connectivity index (χ4v) is 5.31. The summed E-state index contributed by atoms with van der Waals surface area (Å²) in [5.74, 6) is 1.49. The number of ether oxygens (including phenoxy) is 1. The lowest BCUT2D eigenvalue weighted by Gasteiger charge is -2.31. The Hall–Kier alpha value is -4.39. The van der Waals surface area contributed by atoms with Crippen LogP contribution in [-0.2, 0) is 19.5 Å². The number of benzene rings is 2. The Morgan fingerprint density at radius 3 is 2.68 bits per heavy atom. The molecule has 0 unspecified atom stereocenters. The molecule has 1 aliphatic rings. The van der Waals surface area contributed by atoms with E-state index in [1.165, 1.54) is 22.0 Å². The van der Waals surface area contributed by atoms with Crippen molar-refractivity contribution < 1.29 is 9.53 Å². The molecule has 0 atom stereocenters. The second-order valence-corrected chi connectivity index (χ2v) is 9.59. The van der Waals surface area contributed by atoms with Gasteiger partial charge in [-0.05, 0) is 60.7 Å². The molecule has 6 rings (SSSR count). The van der Waals surface area contributed by atoms with Crippen LogP contribution >= 0.6 is 0 Å². The molecule has 0 N–H and O–H groups in total. The van der Waals surface area contributed by atoms with Gasteiger partial charge in [-0.1, -0.05) is 36.4 Å². The first-order valence-corrected chi connectivity index (χ1v) is 12.5. The smallest absolute Gasteiger partial charge is 0.281 e. The number of imidazole rings is 1. The lowest BCUT2D eigenvalue weighted by molar-refractivity contribution is 0.0955. The third-order valence-corrected chi connectivity index (χ3v) is 7.46. The molecular weight excluding hydrogens is 462 g/mol. The zero-order valence-electron chi connectivity index (χ0n) is 21.3. The van der Waals surface area contributed by atoms with Crippen LogP contribution in [0.15, 0.2) is 73.3 Å². The van der Waals surface area contributed by atoms with Crippen molar-refractivity contribution in [3.63, 3.8) is 0 Å². The molecule has 0 aliphatic carbocycles. The summed E-state index contributed by atoms with van der Waals surface area (Å²) in [4.78, 5) is 24.8. The van der Waals surface area contributed by atoms with Gasteiger partial charge in [0.25, 0.3) is 5.91 Å². The van der Waals surface area contributed by atoms with Gasteiger partial charge in [0, 0.05) is 43.1 Å². The van der Waals surface area contributed by atoms with E-state index in [0.717, 1.165) is 58.8 Å². The van der Waals surface area contributed by atoms with Crippen LogP contribution < -0.4 is 9.64 Å². The van der Waals surface area contributed by atoms with Crippen molar-refractivity contribution in [3.8, 4) is 5.75 Å². The fourth-order valence-electron chi connectivity index (χ4n) is 5.31. The molecule has 2 aromatic carbocycles. The number of aryl methyl sites for hydroxylation is 1. The van der Waals surface area contributed by atoms with Crippen LogP contribution in [0.2, 0.25) is 0 Å². The van der Waals surface area contributed by atoms with E-state index in [1.807, 2.05) is 18.2 Å². The Kier molecular flexibility index (Phi) is 5.75. The Morgan fingerprint density at radius 2 is 1.89 bits per heavy atom. The van der Waals surface area contributed by atoms with Crippen molar-refractivity contribution in [2.45, 2.75) is 33.4 Å². The van der Waals surface area contributed by atoms with Gasteiger partial charge >= 0.3 is 0 Å². The number of nitrogens with zero attached hydrogens (tertiary/aromatic N) is 5. The lowest BCUT2D eigenvalue weighted by Crippen LogP contribution is -2.32. The molecule has 4 heterocycles. The van der Waals surface area contributed by atoms with Crippen molar-refractivity contribution in [1.82, 2.24) is 19.1 Å². The number of rotatable bonds is 5. The maximum Gasteiger partial charge on any atom is 0.281 e. The fraction of sp³-hybridized carbons (Fsp3) is 0.233. The van der Waals surface area contributed by atoms with Crippen molar-refractivity contribution in [1.29, 1.82) is 0 Å². The maximum absolute atomic E-state index is 13.4. The number of aromatic nitrogens is 4. The zero-order chi connectivity index (χ0) is 25.5. The van der Waals surface area contributed by atoms with Crippen LogP contribution in [0.1, 0.15) is 38.4 Å². The van der Waals surface area contributed by atoms with Crippen LogP contribution in [-0.4, -0.2) is 38.7 Å². The molecule has 3 aromatic heterocycles. The quantitative estimate of drug-likeness (QED) is 0.340. The van der Waals surface area contributed by atoms with Crippen LogP contribution in [0.25, 0.3) is 10.9 Å². The molecule has 0 spiro atoms. The highest BCUT2D eigenvalue weighted by Gasteiger charge is 2.26. The van der Waals surface area contributed by atoms with Crippen molar-refractivity contribution in [3.05, 3.63) is 107 Å². The first-order valence-electron chi connectivity index (χ1n) is 12.5. The van der Waals surface area contributed by atoms with Crippen molar-refractivity contribution in [2.24, 2.45) is 0 Å². The molecule has 1 aliphatic heterocycles. The minimum atomic E-state index is -0.185. The third kappa shape index (κ3) is 4.06. The van der Waals surface area contributed by atoms with E-state index in [1.54, 1.807) is 19.5 Å². The summed E-state index contributed by atoms with van der Waals surface area (Å²) in [6, 6.07) is 18.7. The number of carbonyl (C=O) groups is 1. The van der Waals surface area contributed by atoms with Gasteiger partial charge in [0.1, 0.15) is 17.8 Å². The van der Waals surface area contributed by atoms with Gasteiger partial charge in [0.05, 0.1) is 12.6 Å². The third-order valence-electron chi connectivity index (χ3n) is 7.46. The minimum Gasteiger partial charge on any atom is -0.497 e. The molecule has 0 fully saturated rings. The van der Waals surface area contributed by atoms with Gasteiger partial charge in [0.2, 0.25) is 0 Å². The van der Waals surface area contributed by atoms with Crippen LogP contribution in [0.3, 0.4) is 0 Å². The van der Waals surface area contributed by atoms with E-state index in [9.17, 15) is 4.79 Å². The first kappa shape index (κ1) is 23.0. The standard InChI is InChI=1S/C30H29N5O2/c1-20-21(2)35(17-22-7-6-10-25(15-22)37-3)28-26(20)16-27(30(36)34-14-12-31-19-34)32-29(28)33-13-11-23-8-4-5-9-24(23)18-33/h4-10,12,14-16,19H,11,13,17-18H2,1-3H3. The number of hydrogen-bond acceptors (Lipinski definition) is 5. The lowest BCUT2D eigenvalue weighted by atomic mass is 10.00. The van der Waals surface area contributed by atoms with E-state index in [2.05, 4.69) is 64.7 Å². The highest BCUT2D eigenvalue weighted by molar-refractivity contribution is 6.02. The molecule has 0 amide bonds. The van der Waals surface area contributed by atoms with E-state index < -0.39 is 0 Å².